The van der Waals surface area contributed by atoms with Gasteiger partial charge in [-0.1, -0.05) is 19.1 Å². The Bertz CT molecular complexity index is 730. The zero-order valence-corrected chi connectivity index (χ0v) is 11.7. The zero-order chi connectivity index (χ0) is 14.8. The molecule has 2 aromatic rings. The van der Waals surface area contributed by atoms with Crippen LogP contribution in [0.1, 0.15) is 12.5 Å². The molecular weight excluding hydrogens is 279 g/mol. The van der Waals surface area contributed by atoms with Gasteiger partial charge in [0.1, 0.15) is 10.7 Å². The lowest BCUT2D eigenvalue weighted by Crippen LogP contribution is -2.15. The number of nitrogen functional groups attached to an aromatic ring is 1. The lowest BCUT2D eigenvalue weighted by Gasteiger charge is -2.11. The van der Waals surface area contributed by atoms with Crippen LogP contribution in [0.3, 0.4) is 0 Å². The molecule has 0 aliphatic carbocycles. The highest BCUT2D eigenvalue weighted by molar-refractivity contribution is 7.92. The topological polar surface area (TPSA) is 72.2 Å². The van der Waals surface area contributed by atoms with E-state index in [1.165, 1.54) is 0 Å². The fourth-order valence-corrected chi connectivity index (χ4v) is 2.99. The van der Waals surface area contributed by atoms with E-state index in [1.54, 1.807) is 18.2 Å². The quantitative estimate of drug-likeness (QED) is 0.852. The van der Waals surface area contributed by atoms with Crippen LogP contribution in [0.4, 0.5) is 15.8 Å². The average Bonchev–Trinajstić information content (AvgIpc) is 2.37. The Morgan fingerprint density at radius 3 is 2.60 bits per heavy atom. The number of nitrogens with two attached hydrogens (primary N) is 1. The van der Waals surface area contributed by atoms with Crippen molar-refractivity contribution in [3.8, 4) is 0 Å². The molecule has 106 valence electrons. The molecule has 0 fully saturated rings. The number of nitrogens with one attached hydrogen (secondary N) is 1. The molecular formula is C14H15FN2O2S. The molecule has 0 aliphatic rings. The molecule has 0 spiro atoms. The van der Waals surface area contributed by atoms with E-state index in [1.807, 2.05) is 13.0 Å². The third kappa shape index (κ3) is 3.08. The van der Waals surface area contributed by atoms with Gasteiger partial charge in [0.15, 0.2) is 0 Å². The second-order valence-corrected chi connectivity index (χ2v) is 5.99. The van der Waals surface area contributed by atoms with Crippen molar-refractivity contribution in [2.24, 2.45) is 0 Å². The van der Waals surface area contributed by atoms with Crippen molar-refractivity contribution in [1.82, 2.24) is 0 Å². The normalized spacial score (nSPS) is 11.3. The zero-order valence-electron chi connectivity index (χ0n) is 10.9. The Balaban J connectivity index is 2.35. The van der Waals surface area contributed by atoms with Gasteiger partial charge in [-0.15, -0.1) is 0 Å². The van der Waals surface area contributed by atoms with Crippen molar-refractivity contribution in [1.29, 1.82) is 0 Å². The Kier molecular flexibility index (Phi) is 3.94. The van der Waals surface area contributed by atoms with E-state index in [0.717, 1.165) is 30.2 Å². The number of benzene rings is 2. The lowest BCUT2D eigenvalue weighted by molar-refractivity contribution is 0.600. The van der Waals surface area contributed by atoms with Crippen molar-refractivity contribution >= 4 is 21.4 Å². The van der Waals surface area contributed by atoms with E-state index in [9.17, 15) is 12.8 Å². The second-order valence-electron chi connectivity index (χ2n) is 4.34. The Morgan fingerprint density at radius 1 is 1.20 bits per heavy atom. The minimum Gasteiger partial charge on any atom is -0.398 e. The molecule has 0 amide bonds. The summed E-state index contributed by atoms with van der Waals surface area (Å²) < 4.78 is 39.8. The van der Waals surface area contributed by atoms with Crippen LogP contribution in [0.2, 0.25) is 0 Å². The number of hydrogen-bond acceptors (Lipinski definition) is 3. The highest BCUT2D eigenvalue weighted by Crippen LogP contribution is 2.22. The van der Waals surface area contributed by atoms with Gasteiger partial charge in [0, 0.05) is 5.69 Å². The van der Waals surface area contributed by atoms with E-state index in [4.69, 9.17) is 5.73 Å². The molecule has 4 nitrogen and oxygen atoms in total. The maximum atomic E-state index is 13.0. The molecule has 0 radical (unpaired) electrons. The fraction of sp³-hybridized carbons (Fsp3) is 0.143. The monoisotopic (exact) mass is 294 g/mol. The number of hydrogen-bond donors (Lipinski definition) is 2. The maximum Gasteiger partial charge on any atom is 0.263 e. The van der Waals surface area contributed by atoms with Crippen LogP contribution in [-0.2, 0) is 16.4 Å². The number of anilines is 2. The van der Waals surface area contributed by atoms with Crippen molar-refractivity contribution in [3.63, 3.8) is 0 Å². The third-order valence-electron chi connectivity index (χ3n) is 2.85. The molecule has 0 bridgehead atoms. The first-order valence-electron chi connectivity index (χ1n) is 6.09. The van der Waals surface area contributed by atoms with Gasteiger partial charge < -0.3 is 5.73 Å². The van der Waals surface area contributed by atoms with E-state index in [0.29, 0.717) is 5.69 Å². The molecule has 0 atom stereocenters. The summed E-state index contributed by atoms with van der Waals surface area (Å²) in [5, 5.41) is 0. The Morgan fingerprint density at radius 2 is 1.95 bits per heavy atom. The van der Waals surface area contributed by atoms with Crippen molar-refractivity contribution in [2.75, 3.05) is 10.5 Å². The van der Waals surface area contributed by atoms with Gasteiger partial charge in [0.05, 0.1) is 5.69 Å². The maximum absolute atomic E-state index is 13.0. The summed E-state index contributed by atoms with van der Waals surface area (Å²) in [5.41, 5.74) is 6.90. The van der Waals surface area contributed by atoms with Crippen molar-refractivity contribution in [2.45, 2.75) is 18.2 Å². The Hall–Kier alpha value is -2.08. The molecule has 0 saturated heterocycles. The second kappa shape index (κ2) is 5.50. The number of halogens is 1. The third-order valence-corrected chi connectivity index (χ3v) is 4.30. The molecule has 2 rings (SSSR count). The van der Waals surface area contributed by atoms with Crippen LogP contribution in [0.25, 0.3) is 0 Å². The number of sulfonamides is 1. The van der Waals surface area contributed by atoms with Crippen LogP contribution in [0.15, 0.2) is 47.4 Å². The standard InChI is InChI=1S/C14H15FN2O2S/c1-2-10-4-3-5-12(8-10)17-20(18,19)14-7-6-11(15)9-13(14)16/h3-9,17H,2,16H2,1H3. The van der Waals surface area contributed by atoms with Gasteiger partial charge in [-0.05, 0) is 42.3 Å². The van der Waals surface area contributed by atoms with Crippen LogP contribution in [0, 0.1) is 5.82 Å². The smallest absolute Gasteiger partial charge is 0.263 e. The summed E-state index contributed by atoms with van der Waals surface area (Å²) in [6.45, 7) is 1.98. The van der Waals surface area contributed by atoms with E-state index in [2.05, 4.69) is 4.72 Å². The first-order valence-corrected chi connectivity index (χ1v) is 7.57. The summed E-state index contributed by atoms with van der Waals surface area (Å²) in [6, 6.07) is 10.3. The van der Waals surface area contributed by atoms with E-state index >= 15 is 0 Å². The average molecular weight is 294 g/mol. The van der Waals surface area contributed by atoms with Crippen LogP contribution >= 0.6 is 0 Å². The molecule has 0 heterocycles. The molecule has 0 aliphatic heterocycles. The summed E-state index contributed by atoms with van der Waals surface area (Å²) >= 11 is 0. The predicted molar refractivity (Wildman–Crippen MR) is 77.4 cm³/mol. The first kappa shape index (κ1) is 14.3. The highest BCUT2D eigenvalue weighted by atomic mass is 32.2. The summed E-state index contributed by atoms with van der Waals surface area (Å²) in [4.78, 5) is -0.138. The SMILES string of the molecule is CCc1cccc(NS(=O)(=O)c2ccc(F)cc2N)c1. The molecule has 0 unspecified atom stereocenters. The van der Waals surface area contributed by atoms with Crippen molar-refractivity contribution in [3.05, 3.63) is 53.8 Å². The minimum atomic E-state index is -3.83. The van der Waals surface area contributed by atoms with Crippen LogP contribution in [-0.4, -0.2) is 8.42 Å². The van der Waals surface area contributed by atoms with E-state index < -0.39 is 15.8 Å². The van der Waals surface area contributed by atoms with Gasteiger partial charge in [-0.25, -0.2) is 12.8 Å². The summed E-state index contributed by atoms with van der Waals surface area (Å²) in [7, 11) is -3.83. The molecule has 2 aromatic carbocycles. The minimum absolute atomic E-state index is 0.121. The molecule has 20 heavy (non-hydrogen) atoms. The number of rotatable bonds is 4. The number of aryl methyl sites for hydroxylation is 1. The van der Waals surface area contributed by atoms with E-state index in [-0.39, 0.29) is 10.6 Å². The van der Waals surface area contributed by atoms with Gasteiger partial charge in [0.25, 0.3) is 10.0 Å². The molecule has 3 N–H and O–H groups in total. The fourth-order valence-electron chi connectivity index (χ4n) is 1.83. The first-order chi connectivity index (χ1) is 9.42. The Labute approximate surface area is 117 Å². The predicted octanol–water partition coefficient (Wildman–Crippen LogP) is 2.77. The molecule has 0 aromatic heterocycles. The van der Waals surface area contributed by atoms with Crippen molar-refractivity contribution < 1.29 is 12.8 Å². The molecule has 0 saturated carbocycles. The van der Waals surface area contributed by atoms with Crippen LogP contribution in [0.5, 0.6) is 0 Å². The van der Waals surface area contributed by atoms with Crippen LogP contribution < -0.4 is 10.5 Å². The summed E-state index contributed by atoms with van der Waals surface area (Å²) in [6.07, 6.45) is 0.800. The van der Waals surface area contributed by atoms with Gasteiger partial charge >= 0.3 is 0 Å². The van der Waals surface area contributed by atoms with Gasteiger partial charge in [-0.3, -0.25) is 4.72 Å². The summed E-state index contributed by atoms with van der Waals surface area (Å²) in [5.74, 6) is -0.575. The largest absolute Gasteiger partial charge is 0.398 e. The highest BCUT2D eigenvalue weighted by Gasteiger charge is 2.18. The molecule has 6 heteroatoms. The van der Waals surface area contributed by atoms with Gasteiger partial charge in [0.2, 0.25) is 0 Å². The lowest BCUT2D eigenvalue weighted by atomic mass is 10.1. The van der Waals surface area contributed by atoms with Gasteiger partial charge in [-0.2, -0.15) is 0 Å².